The zero-order valence-corrected chi connectivity index (χ0v) is 14.5. The molecule has 112 valence electrons. The summed E-state index contributed by atoms with van der Waals surface area (Å²) >= 11 is 2.23. The Morgan fingerprint density at radius 2 is 1.86 bits per heavy atom. The predicted octanol–water partition coefficient (Wildman–Crippen LogP) is 4.23. The van der Waals surface area contributed by atoms with Crippen molar-refractivity contribution >= 4 is 45.2 Å². The fraction of sp³-hybridized carbons (Fsp3) is 0.176. The lowest BCUT2D eigenvalue weighted by Gasteiger charge is -2.04. The van der Waals surface area contributed by atoms with E-state index in [0.717, 1.165) is 31.4 Å². The van der Waals surface area contributed by atoms with Crippen LogP contribution in [0.25, 0.3) is 11.0 Å². The van der Waals surface area contributed by atoms with Crippen LogP contribution in [0, 0.1) is 17.4 Å². The first-order valence-corrected chi connectivity index (χ1v) is 8.02. The summed E-state index contributed by atoms with van der Waals surface area (Å²) in [6.07, 6.45) is 0.196. The molecule has 22 heavy (non-hydrogen) atoms. The highest BCUT2D eigenvalue weighted by atomic mass is 127. The number of rotatable bonds is 3. The van der Waals surface area contributed by atoms with E-state index in [4.69, 9.17) is 4.52 Å². The van der Waals surface area contributed by atoms with Crippen LogP contribution >= 0.6 is 22.6 Å². The average molecular weight is 406 g/mol. The van der Waals surface area contributed by atoms with Crippen molar-refractivity contribution in [2.24, 2.45) is 0 Å². The van der Waals surface area contributed by atoms with Crippen LogP contribution in [0.3, 0.4) is 0 Å². The molecule has 1 amide bonds. The number of nitrogens with one attached hydrogen (secondary N) is 1. The molecule has 0 fully saturated rings. The van der Waals surface area contributed by atoms with Crippen LogP contribution in [0.2, 0.25) is 0 Å². The second kappa shape index (κ2) is 6.08. The highest BCUT2D eigenvalue weighted by Gasteiger charge is 2.13. The van der Waals surface area contributed by atoms with Gasteiger partial charge in [0.2, 0.25) is 5.91 Å². The van der Waals surface area contributed by atoms with Crippen LogP contribution < -0.4 is 5.32 Å². The smallest absolute Gasteiger partial charge is 0.230 e. The second-order valence-electron chi connectivity index (χ2n) is 5.29. The van der Waals surface area contributed by atoms with Crippen molar-refractivity contribution in [1.29, 1.82) is 0 Å². The van der Waals surface area contributed by atoms with Crippen molar-refractivity contribution in [2.45, 2.75) is 20.3 Å². The SMILES string of the molecule is Cc1cc2onc(CC(=O)Nc3ccc(I)cc3)c2cc1C. The van der Waals surface area contributed by atoms with Crippen molar-refractivity contribution < 1.29 is 9.32 Å². The highest BCUT2D eigenvalue weighted by molar-refractivity contribution is 14.1. The number of carbonyl (C=O) groups is 1. The van der Waals surface area contributed by atoms with Crippen LogP contribution in [0.1, 0.15) is 16.8 Å². The Balaban J connectivity index is 1.79. The maximum atomic E-state index is 12.2. The number of benzene rings is 2. The number of anilines is 1. The van der Waals surface area contributed by atoms with E-state index < -0.39 is 0 Å². The topological polar surface area (TPSA) is 55.1 Å². The van der Waals surface area contributed by atoms with Crippen LogP contribution in [-0.4, -0.2) is 11.1 Å². The number of hydrogen-bond acceptors (Lipinski definition) is 3. The van der Waals surface area contributed by atoms with Crippen molar-refractivity contribution in [3.8, 4) is 0 Å². The molecular formula is C17H15IN2O2. The number of aromatic nitrogens is 1. The molecule has 0 atom stereocenters. The van der Waals surface area contributed by atoms with Gasteiger partial charge in [0.25, 0.3) is 0 Å². The first kappa shape index (κ1) is 15.0. The molecule has 0 aliphatic heterocycles. The van der Waals surface area contributed by atoms with Crippen LogP contribution in [0.5, 0.6) is 0 Å². The van der Waals surface area contributed by atoms with Gasteiger partial charge in [-0.3, -0.25) is 4.79 Å². The van der Waals surface area contributed by atoms with E-state index in [-0.39, 0.29) is 12.3 Å². The molecule has 0 unspecified atom stereocenters. The van der Waals surface area contributed by atoms with Gasteiger partial charge in [-0.05, 0) is 84.0 Å². The molecule has 1 N–H and O–H groups in total. The highest BCUT2D eigenvalue weighted by Crippen LogP contribution is 2.23. The molecule has 2 aromatic carbocycles. The van der Waals surface area contributed by atoms with Gasteiger partial charge in [-0.15, -0.1) is 0 Å². The Labute approximate surface area is 142 Å². The minimum absolute atomic E-state index is 0.102. The van der Waals surface area contributed by atoms with Gasteiger partial charge in [-0.2, -0.15) is 0 Å². The quantitative estimate of drug-likeness (QED) is 0.663. The molecule has 3 rings (SSSR count). The van der Waals surface area contributed by atoms with E-state index in [1.165, 1.54) is 0 Å². The Bertz CT molecular complexity index is 838. The lowest BCUT2D eigenvalue weighted by Crippen LogP contribution is -2.14. The van der Waals surface area contributed by atoms with E-state index in [9.17, 15) is 4.79 Å². The van der Waals surface area contributed by atoms with Gasteiger partial charge in [0.15, 0.2) is 5.58 Å². The number of aryl methyl sites for hydroxylation is 2. The molecule has 0 bridgehead atoms. The lowest BCUT2D eigenvalue weighted by atomic mass is 10.1. The summed E-state index contributed by atoms with van der Waals surface area (Å²) in [4.78, 5) is 12.2. The van der Waals surface area contributed by atoms with Gasteiger partial charge in [-0.25, -0.2) is 0 Å². The van der Waals surface area contributed by atoms with Gasteiger partial charge < -0.3 is 9.84 Å². The van der Waals surface area contributed by atoms with E-state index in [0.29, 0.717) is 5.69 Å². The summed E-state index contributed by atoms with van der Waals surface area (Å²) in [6.45, 7) is 4.07. The molecule has 0 saturated heterocycles. The van der Waals surface area contributed by atoms with Crippen LogP contribution in [0.4, 0.5) is 5.69 Å². The molecule has 0 saturated carbocycles. The molecule has 0 radical (unpaired) electrons. The monoisotopic (exact) mass is 406 g/mol. The molecule has 0 spiro atoms. The molecule has 3 aromatic rings. The number of amides is 1. The summed E-state index contributed by atoms with van der Waals surface area (Å²) in [5.74, 6) is -0.102. The second-order valence-corrected chi connectivity index (χ2v) is 6.54. The third kappa shape index (κ3) is 3.14. The molecule has 5 heteroatoms. The lowest BCUT2D eigenvalue weighted by molar-refractivity contribution is -0.115. The van der Waals surface area contributed by atoms with Crippen molar-refractivity contribution in [2.75, 3.05) is 5.32 Å². The van der Waals surface area contributed by atoms with Crippen molar-refractivity contribution in [3.63, 3.8) is 0 Å². The molecular weight excluding hydrogens is 391 g/mol. The maximum absolute atomic E-state index is 12.2. The minimum atomic E-state index is -0.102. The first-order chi connectivity index (χ1) is 10.5. The van der Waals surface area contributed by atoms with Crippen LogP contribution in [0.15, 0.2) is 40.9 Å². The van der Waals surface area contributed by atoms with Crippen molar-refractivity contribution in [1.82, 2.24) is 5.16 Å². The number of hydrogen-bond donors (Lipinski definition) is 1. The zero-order chi connectivity index (χ0) is 15.7. The Morgan fingerprint density at radius 1 is 1.18 bits per heavy atom. The molecule has 4 nitrogen and oxygen atoms in total. The standard InChI is InChI=1S/C17H15IN2O2/c1-10-7-14-15(20-22-16(14)8-11(10)2)9-17(21)19-13-5-3-12(18)4-6-13/h3-8H,9H2,1-2H3,(H,19,21). The van der Waals surface area contributed by atoms with E-state index in [1.54, 1.807) is 0 Å². The fourth-order valence-electron chi connectivity index (χ4n) is 2.26. The fourth-order valence-corrected chi connectivity index (χ4v) is 2.62. The third-order valence-electron chi connectivity index (χ3n) is 3.62. The summed E-state index contributed by atoms with van der Waals surface area (Å²) < 4.78 is 6.45. The summed E-state index contributed by atoms with van der Waals surface area (Å²) in [6, 6.07) is 11.6. The van der Waals surface area contributed by atoms with Crippen LogP contribution in [-0.2, 0) is 11.2 Å². The summed E-state index contributed by atoms with van der Waals surface area (Å²) in [5, 5.41) is 7.81. The molecule has 0 aliphatic carbocycles. The largest absolute Gasteiger partial charge is 0.356 e. The van der Waals surface area contributed by atoms with Gasteiger partial charge in [0, 0.05) is 14.6 Å². The Kier molecular flexibility index (Phi) is 4.15. The average Bonchev–Trinajstić information content (AvgIpc) is 2.84. The van der Waals surface area contributed by atoms with Crippen molar-refractivity contribution in [3.05, 3.63) is 56.8 Å². The maximum Gasteiger partial charge on any atom is 0.230 e. The van der Waals surface area contributed by atoms with Gasteiger partial charge in [0.05, 0.1) is 6.42 Å². The molecule has 1 heterocycles. The third-order valence-corrected chi connectivity index (χ3v) is 4.34. The number of nitrogens with zero attached hydrogens (tertiary/aromatic N) is 1. The number of carbonyl (C=O) groups excluding carboxylic acids is 1. The Morgan fingerprint density at radius 3 is 2.59 bits per heavy atom. The predicted molar refractivity (Wildman–Crippen MR) is 95.0 cm³/mol. The van der Waals surface area contributed by atoms with E-state index in [1.807, 2.05) is 50.2 Å². The van der Waals surface area contributed by atoms with Gasteiger partial charge >= 0.3 is 0 Å². The minimum Gasteiger partial charge on any atom is -0.356 e. The van der Waals surface area contributed by atoms with Gasteiger partial charge in [-0.1, -0.05) is 5.16 Å². The van der Waals surface area contributed by atoms with E-state index in [2.05, 4.69) is 33.1 Å². The van der Waals surface area contributed by atoms with E-state index >= 15 is 0 Å². The normalized spacial score (nSPS) is 10.9. The zero-order valence-electron chi connectivity index (χ0n) is 12.3. The summed E-state index contributed by atoms with van der Waals surface area (Å²) in [5.41, 5.74) is 4.49. The molecule has 1 aromatic heterocycles. The first-order valence-electron chi connectivity index (χ1n) is 6.94. The summed E-state index contributed by atoms with van der Waals surface area (Å²) in [7, 11) is 0. The number of fused-ring (bicyclic) bond motifs is 1. The Hall–Kier alpha value is -1.89. The number of halogens is 1. The van der Waals surface area contributed by atoms with Gasteiger partial charge in [0.1, 0.15) is 5.69 Å². The molecule has 0 aliphatic rings.